The van der Waals surface area contributed by atoms with Gasteiger partial charge in [0, 0.05) is 18.3 Å². The van der Waals surface area contributed by atoms with Gasteiger partial charge < -0.3 is 9.84 Å². The average Bonchev–Trinajstić information content (AvgIpc) is 3.31. The van der Waals surface area contributed by atoms with Gasteiger partial charge in [-0.2, -0.15) is 4.98 Å². The largest absolute Gasteiger partial charge is 0.493 e. The first kappa shape index (κ1) is 17.2. The number of para-hydroxylation sites is 2. The van der Waals surface area contributed by atoms with Crippen molar-refractivity contribution in [3.63, 3.8) is 0 Å². The third-order valence-corrected chi connectivity index (χ3v) is 4.84. The molecule has 6 heteroatoms. The van der Waals surface area contributed by atoms with Crippen LogP contribution in [0.3, 0.4) is 0 Å². The molecule has 29 heavy (non-hydrogen) atoms. The van der Waals surface area contributed by atoms with Gasteiger partial charge in [0.15, 0.2) is 0 Å². The standard InChI is InChI=1S/C23H18N4O2/c28-22-20(14-16-15-25-21-19(16)12-7-13-24-21)26-23(29-18-10-5-2-6-11-18)27(22)17-8-3-1-4-9-17/h1-15,19,21,28H. The van der Waals surface area contributed by atoms with Gasteiger partial charge in [-0.25, -0.2) is 4.57 Å². The highest BCUT2D eigenvalue weighted by Crippen LogP contribution is 2.35. The second kappa shape index (κ2) is 7.24. The van der Waals surface area contributed by atoms with Gasteiger partial charge >= 0.3 is 6.01 Å². The minimum atomic E-state index is -0.135. The third-order valence-electron chi connectivity index (χ3n) is 4.84. The molecule has 3 heterocycles. The van der Waals surface area contributed by atoms with Crippen LogP contribution in [0.1, 0.15) is 5.69 Å². The SMILES string of the molecule is Oc1c(C=C2C=NC3N=CC=CC23)nc(Oc2ccccc2)n1-c1ccccc1. The zero-order valence-corrected chi connectivity index (χ0v) is 15.5. The lowest BCUT2D eigenvalue weighted by atomic mass is 9.97. The molecule has 1 aromatic heterocycles. The molecule has 0 spiro atoms. The highest BCUT2D eigenvalue weighted by atomic mass is 16.5. The number of rotatable bonds is 4. The van der Waals surface area contributed by atoms with Crippen molar-refractivity contribution >= 4 is 18.5 Å². The lowest BCUT2D eigenvalue weighted by molar-refractivity contribution is 0.403. The van der Waals surface area contributed by atoms with Crippen LogP contribution < -0.4 is 4.74 Å². The number of ether oxygens (including phenoxy) is 1. The fourth-order valence-corrected chi connectivity index (χ4v) is 3.43. The van der Waals surface area contributed by atoms with E-state index < -0.39 is 0 Å². The van der Waals surface area contributed by atoms with Gasteiger partial charge in [0.05, 0.1) is 5.69 Å². The molecule has 0 aliphatic carbocycles. The van der Waals surface area contributed by atoms with Crippen LogP contribution in [0, 0.1) is 5.92 Å². The van der Waals surface area contributed by atoms with E-state index >= 15 is 0 Å². The number of fused-ring (bicyclic) bond motifs is 1. The van der Waals surface area contributed by atoms with Gasteiger partial charge in [-0.1, -0.05) is 42.5 Å². The summed E-state index contributed by atoms with van der Waals surface area (Å²) < 4.78 is 7.58. The van der Waals surface area contributed by atoms with Crippen molar-refractivity contribution in [1.82, 2.24) is 9.55 Å². The van der Waals surface area contributed by atoms with Crippen LogP contribution in [0.15, 0.2) is 88.4 Å². The van der Waals surface area contributed by atoms with Gasteiger partial charge in [-0.3, -0.25) is 9.98 Å². The normalized spacial score (nSPS) is 20.9. The molecule has 2 aromatic carbocycles. The number of hydrogen-bond donors (Lipinski definition) is 1. The average molecular weight is 382 g/mol. The lowest BCUT2D eigenvalue weighted by Gasteiger charge is -2.13. The Morgan fingerprint density at radius 3 is 2.52 bits per heavy atom. The highest BCUT2D eigenvalue weighted by molar-refractivity contribution is 5.90. The molecule has 0 radical (unpaired) electrons. The van der Waals surface area contributed by atoms with Gasteiger partial charge in [0.2, 0.25) is 5.88 Å². The van der Waals surface area contributed by atoms with Crippen molar-refractivity contribution in [2.24, 2.45) is 15.9 Å². The number of allylic oxidation sites excluding steroid dienone is 1. The molecular weight excluding hydrogens is 364 g/mol. The number of imidazole rings is 1. The number of aromatic hydroxyl groups is 1. The van der Waals surface area contributed by atoms with E-state index in [1.807, 2.05) is 72.8 Å². The summed E-state index contributed by atoms with van der Waals surface area (Å²) in [5, 5.41) is 11.0. The van der Waals surface area contributed by atoms with Crippen molar-refractivity contribution in [2.45, 2.75) is 6.17 Å². The van der Waals surface area contributed by atoms with Gasteiger partial charge in [0.25, 0.3) is 0 Å². The van der Waals surface area contributed by atoms with Crippen LogP contribution in [0.25, 0.3) is 11.8 Å². The number of hydrogen-bond acceptors (Lipinski definition) is 5. The van der Waals surface area contributed by atoms with Crippen molar-refractivity contribution < 1.29 is 9.84 Å². The topological polar surface area (TPSA) is 72.0 Å². The summed E-state index contributed by atoms with van der Waals surface area (Å²) in [5.41, 5.74) is 2.13. The second-order valence-electron chi connectivity index (χ2n) is 6.73. The minimum Gasteiger partial charge on any atom is -0.493 e. The van der Waals surface area contributed by atoms with Crippen LogP contribution in [0.5, 0.6) is 17.6 Å². The van der Waals surface area contributed by atoms with E-state index in [1.165, 1.54) is 0 Å². The van der Waals surface area contributed by atoms with Crippen molar-refractivity contribution in [3.8, 4) is 23.3 Å². The van der Waals surface area contributed by atoms with E-state index in [1.54, 1.807) is 17.0 Å². The second-order valence-corrected chi connectivity index (χ2v) is 6.73. The maximum absolute atomic E-state index is 11.0. The summed E-state index contributed by atoms with van der Waals surface area (Å²) in [7, 11) is 0. The first-order valence-corrected chi connectivity index (χ1v) is 9.34. The highest BCUT2D eigenvalue weighted by Gasteiger charge is 2.28. The molecule has 1 N–H and O–H groups in total. The number of aliphatic imine (C=N–C) groups is 2. The predicted molar refractivity (Wildman–Crippen MR) is 113 cm³/mol. The summed E-state index contributed by atoms with van der Waals surface area (Å²) in [4.78, 5) is 13.4. The minimum absolute atomic E-state index is 0.00905. The molecule has 0 amide bonds. The molecule has 2 aliphatic rings. The molecule has 2 atom stereocenters. The smallest absolute Gasteiger partial charge is 0.310 e. The Hall–Kier alpha value is -3.93. The maximum atomic E-state index is 11.0. The zero-order valence-electron chi connectivity index (χ0n) is 15.5. The fraction of sp³-hybridized carbons (Fsp3) is 0.0870. The summed E-state index contributed by atoms with van der Waals surface area (Å²) in [6, 6.07) is 19.2. The Morgan fingerprint density at radius 1 is 0.966 bits per heavy atom. The number of aromatic nitrogens is 2. The van der Waals surface area contributed by atoms with E-state index in [0.717, 1.165) is 11.3 Å². The van der Waals surface area contributed by atoms with E-state index in [0.29, 0.717) is 11.4 Å². The van der Waals surface area contributed by atoms with E-state index in [-0.39, 0.29) is 24.0 Å². The summed E-state index contributed by atoms with van der Waals surface area (Å²) in [6.45, 7) is 0. The molecule has 0 saturated heterocycles. The fourth-order valence-electron chi connectivity index (χ4n) is 3.43. The monoisotopic (exact) mass is 382 g/mol. The first-order chi connectivity index (χ1) is 14.3. The molecule has 0 fully saturated rings. The van der Waals surface area contributed by atoms with Crippen LogP contribution >= 0.6 is 0 Å². The van der Waals surface area contributed by atoms with E-state index in [2.05, 4.69) is 21.0 Å². The van der Waals surface area contributed by atoms with Gasteiger partial charge in [-0.15, -0.1) is 0 Å². The van der Waals surface area contributed by atoms with Crippen molar-refractivity contribution in [3.05, 3.63) is 84.1 Å². The molecule has 2 aliphatic heterocycles. The van der Waals surface area contributed by atoms with Crippen LogP contribution in [-0.4, -0.2) is 33.3 Å². The molecular formula is C23H18N4O2. The van der Waals surface area contributed by atoms with E-state index in [9.17, 15) is 5.11 Å². The molecule has 6 nitrogen and oxygen atoms in total. The quantitative estimate of drug-likeness (QED) is 0.726. The lowest BCUT2D eigenvalue weighted by Crippen LogP contribution is -2.13. The number of dihydropyridines is 1. The third kappa shape index (κ3) is 3.25. The van der Waals surface area contributed by atoms with Crippen LogP contribution in [0.2, 0.25) is 0 Å². The molecule has 0 bridgehead atoms. The van der Waals surface area contributed by atoms with Crippen LogP contribution in [0.4, 0.5) is 0 Å². The van der Waals surface area contributed by atoms with Crippen LogP contribution in [-0.2, 0) is 0 Å². The Bertz CT molecular complexity index is 1140. The van der Waals surface area contributed by atoms with Gasteiger partial charge in [0.1, 0.15) is 17.6 Å². The maximum Gasteiger partial charge on any atom is 0.310 e. The predicted octanol–water partition coefficient (Wildman–Crippen LogP) is 4.42. The Balaban J connectivity index is 1.58. The van der Waals surface area contributed by atoms with Gasteiger partial charge in [-0.05, 0) is 42.0 Å². The Morgan fingerprint density at radius 2 is 1.72 bits per heavy atom. The van der Waals surface area contributed by atoms with E-state index in [4.69, 9.17) is 4.74 Å². The Labute approximate surface area is 167 Å². The zero-order chi connectivity index (χ0) is 19.6. The summed E-state index contributed by atoms with van der Waals surface area (Å²) in [5.74, 6) is 0.704. The summed E-state index contributed by atoms with van der Waals surface area (Å²) in [6.07, 6.45) is 9.23. The van der Waals surface area contributed by atoms with Crippen molar-refractivity contribution in [1.29, 1.82) is 0 Å². The Kier molecular flexibility index (Phi) is 4.29. The molecule has 0 saturated carbocycles. The molecule has 2 unspecified atom stereocenters. The molecule has 5 rings (SSSR count). The van der Waals surface area contributed by atoms with Crippen molar-refractivity contribution in [2.75, 3.05) is 0 Å². The summed E-state index contributed by atoms with van der Waals surface area (Å²) >= 11 is 0. The molecule has 3 aromatic rings. The first-order valence-electron chi connectivity index (χ1n) is 9.34. The number of benzene rings is 2. The number of nitrogens with zero attached hydrogens (tertiary/aromatic N) is 4. The molecule has 142 valence electrons.